The molecule has 1 aromatic carbocycles. The summed E-state index contributed by atoms with van der Waals surface area (Å²) < 4.78 is 4.97. The molecule has 0 aliphatic carbocycles. The number of rotatable bonds is 6. The van der Waals surface area contributed by atoms with Crippen LogP contribution in [-0.2, 0) is 9.53 Å². The minimum absolute atomic E-state index is 0.295. The summed E-state index contributed by atoms with van der Waals surface area (Å²) in [5.41, 5.74) is 0. The zero-order valence-corrected chi connectivity index (χ0v) is 12.0. The van der Waals surface area contributed by atoms with Crippen LogP contribution in [0.25, 0.3) is 0 Å². The Labute approximate surface area is 109 Å². The predicted molar refractivity (Wildman–Crippen MR) is 75.8 cm³/mol. The smallest absolute Gasteiger partial charge is 0.330 e. The highest BCUT2D eigenvalue weighted by Crippen LogP contribution is 2.14. The molecule has 0 aliphatic heterocycles. The highest BCUT2D eigenvalue weighted by atomic mass is 28.3. The molecular formula is C14H20O3Si. The van der Waals surface area contributed by atoms with Gasteiger partial charge in [0.1, 0.15) is 5.75 Å². The Balaban J connectivity index is 2.46. The van der Waals surface area contributed by atoms with E-state index < -0.39 is 8.07 Å². The average Bonchev–Trinajstić information content (AvgIpc) is 2.35. The number of benzene rings is 1. The van der Waals surface area contributed by atoms with Crippen molar-refractivity contribution in [2.75, 3.05) is 6.61 Å². The van der Waals surface area contributed by atoms with E-state index in [4.69, 9.17) is 4.74 Å². The Hall–Kier alpha value is -1.55. The lowest BCUT2D eigenvalue weighted by atomic mass is 10.3. The van der Waals surface area contributed by atoms with Gasteiger partial charge >= 0.3 is 5.97 Å². The van der Waals surface area contributed by atoms with E-state index in [-0.39, 0.29) is 5.97 Å². The molecule has 1 rings (SSSR count). The van der Waals surface area contributed by atoms with E-state index in [1.165, 1.54) is 11.3 Å². The first kappa shape index (κ1) is 14.5. The molecule has 0 fully saturated rings. The van der Waals surface area contributed by atoms with Crippen molar-refractivity contribution in [3.8, 4) is 5.75 Å². The van der Waals surface area contributed by atoms with Crippen LogP contribution in [0.15, 0.2) is 36.9 Å². The number of ether oxygens (including phenoxy) is 1. The molecule has 0 radical (unpaired) electrons. The van der Waals surface area contributed by atoms with Crippen LogP contribution in [0.4, 0.5) is 0 Å². The van der Waals surface area contributed by atoms with Crippen LogP contribution in [0.3, 0.4) is 0 Å². The van der Waals surface area contributed by atoms with Crippen molar-refractivity contribution in [2.24, 2.45) is 0 Å². The largest absolute Gasteiger partial charge is 0.508 e. The topological polar surface area (TPSA) is 46.5 Å². The molecule has 98 valence electrons. The third-order valence-corrected chi connectivity index (χ3v) is 6.51. The number of phenols is 1. The van der Waals surface area contributed by atoms with Gasteiger partial charge in [0.2, 0.25) is 0 Å². The van der Waals surface area contributed by atoms with Crippen LogP contribution in [0.2, 0.25) is 19.1 Å². The van der Waals surface area contributed by atoms with Gasteiger partial charge in [-0.05, 0) is 18.6 Å². The van der Waals surface area contributed by atoms with Crippen LogP contribution in [0, 0.1) is 0 Å². The first-order chi connectivity index (χ1) is 8.45. The molecule has 0 heterocycles. The molecule has 0 amide bonds. The van der Waals surface area contributed by atoms with Crippen LogP contribution < -0.4 is 5.19 Å². The molecule has 0 saturated heterocycles. The lowest BCUT2D eigenvalue weighted by molar-refractivity contribution is -0.137. The third kappa shape index (κ3) is 4.37. The number of aromatic hydroxyl groups is 1. The van der Waals surface area contributed by atoms with Crippen LogP contribution >= 0.6 is 0 Å². The average molecular weight is 264 g/mol. The van der Waals surface area contributed by atoms with Crippen molar-refractivity contribution in [1.29, 1.82) is 0 Å². The van der Waals surface area contributed by atoms with Gasteiger partial charge in [-0.1, -0.05) is 43.0 Å². The van der Waals surface area contributed by atoms with E-state index >= 15 is 0 Å². The van der Waals surface area contributed by atoms with E-state index in [1.54, 1.807) is 12.1 Å². The Morgan fingerprint density at radius 3 is 2.56 bits per heavy atom. The predicted octanol–water partition coefficient (Wildman–Crippen LogP) is 2.43. The number of carbonyl (C=O) groups excluding carboxylic acids is 1. The zero-order valence-electron chi connectivity index (χ0n) is 11.0. The number of hydrogen-bond donors (Lipinski definition) is 1. The molecule has 0 atom stereocenters. The monoisotopic (exact) mass is 264 g/mol. The van der Waals surface area contributed by atoms with E-state index in [1.807, 2.05) is 12.1 Å². The quantitative estimate of drug-likeness (QED) is 0.371. The summed E-state index contributed by atoms with van der Waals surface area (Å²) in [6.45, 7) is 8.34. The van der Waals surface area contributed by atoms with Crippen molar-refractivity contribution >= 4 is 19.2 Å². The third-order valence-electron chi connectivity index (χ3n) is 3.01. The van der Waals surface area contributed by atoms with Gasteiger partial charge in [0.15, 0.2) is 0 Å². The number of phenolic OH excluding ortho intramolecular Hbond substituents is 1. The fraction of sp³-hybridized carbons (Fsp3) is 0.357. The molecular weight excluding hydrogens is 244 g/mol. The first-order valence-electron chi connectivity index (χ1n) is 6.04. The highest BCUT2D eigenvalue weighted by Gasteiger charge is 2.22. The maximum Gasteiger partial charge on any atom is 0.330 e. The summed E-state index contributed by atoms with van der Waals surface area (Å²) in [7, 11) is -1.51. The summed E-state index contributed by atoms with van der Waals surface area (Å²) in [4.78, 5) is 10.9. The number of carbonyl (C=O) groups is 1. The molecule has 0 aliphatic rings. The fourth-order valence-electron chi connectivity index (χ4n) is 1.80. The van der Waals surface area contributed by atoms with Crippen molar-refractivity contribution < 1.29 is 14.6 Å². The molecule has 0 spiro atoms. The molecule has 1 aromatic rings. The summed E-state index contributed by atoms with van der Waals surface area (Å²) >= 11 is 0. The van der Waals surface area contributed by atoms with E-state index in [9.17, 15) is 9.90 Å². The first-order valence-corrected chi connectivity index (χ1v) is 9.25. The molecule has 0 unspecified atom stereocenters. The minimum atomic E-state index is -1.51. The van der Waals surface area contributed by atoms with Gasteiger partial charge in [-0.3, -0.25) is 0 Å². The van der Waals surface area contributed by atoms with Gasteiger partial charge in [-0.2, -0.15) is 0 Å². The lowest BCUT2D eigenvalue weighted by Crippen LogP contribution is -2.41. The summed E-state index contributed by atoms with van der Waals surface area (Å²) in [5, 5.41) is 10.6. The van der Waals surface area contributed by atoms with E-state index in [0.29, 0.717) is 12.4 Å². The van der Waals surface area contributed by atoms with Gasteiger partial charge in [0, 0.05) is 6.08 Å². The fourth-order valence-corrected chi connectivity index (χ4v) is 4.19. The standard InChI is InChI=1S/C14H20O3Si/c1-4-14(16)17-10-5-11-18(2,3)13-8-6-12(15)7-9-13/h4,6-9,15H,1,5,10-11H2,2-3H3. The van der Waals surface area contributed by atoms with Crippen molar-refractivity contribution in [3.63, 3.8) is 0 Å². The molecule has 0 saturated carbocycles. The molecule has 0 bridgehead atoms. The second-order valence-electron chi connectivity index (χ2n) is 4.91. The summed E-state index contributed by atoms with van der Waals surface area (Å²) in [6.07, 6.45) is 2.04. The summed E-state index contributed by atoms with van der Waals surface area (Å²) in [6, 6.07) is 8.46. The van der Waals surface area contributed by atoms with Crippen molar-refractivity contribution in [3.05, 3.63) is 36.9 Å². The number of hydrogen-bond acceptors (Lipinski definition) is 3. The number of esters is 1. The highest BCUT2D eigenvalue weighted by molar-refractivity contribution is 6.89. The SMILES string of the molecule is C=CC(=O)OCCC[Si](C)(C)c1ccc(O)cc1. The Bertz CT molecular complexity index is 410. The maximum absolute atomic E-state index is 10.9. The molecule has 1 N–H and O–H groups in total. The normalized spacial score (nSPS) is 11.0. The second-order valence-corrected chi connectivity index (χ2v) is 9.75. The van der Waals surface area contributed by atoms with Crippen LogP contribution in [0.5, 0.6) is 5.75 Å². The van der Waals surface area contributed by atoms with Crippen molar-refractivity contribution in [2.45, 2.75) is 25.6 Å². The van der Waals surface area contributed by atoms with Crippen molar-refractivity contribution in [1.82, 2.24) is 0 Å². The second kappa shape index (κ2) is 6.40. The Kier molecular flexibility index (Phi) is 5.16. The van der Waals surface area contributed by atoms with Gasteiger partial charge < -0.3 is 9.84 Å². The van der Waals surface area contributed by atoms with Gasteiger partial charge in [-0.15, -0.1) is 0 Å². The molecule has 3 nitrogen and oxygen atoms in total. The molecule has 4 heteroatoms. The van der Waals surface area contributed by atoms with E-state index in [0.717, 1.165) is 12.5 Å². The maximum atomic E-state index is 10.9. The Morgan fingerprint density at radius 2 is 2.00 bits per heavy atom. The van der Waals surface area contributed by atoms with Gasteiger partial charge in [0.25, 0.3) is 0 Å². The van der Waals surface area contributed by atoms with Gasteiger partial charge in [-0.25, -0.2) is 4.79 Å². The Morgan fingerprint density at radius 1 is 1.39 bits per heavy atom. The zero-order chi connectivity index (χ0) is 13.6. The lowest BCUT2D eigenvalue weighted by Gasteiger charge is -2.22. The van der Waals surface area contributed by atoms with E-state index in [2.05, 4.69) is 19.7 Å². The van der Waals surface area contributed by atoms with Crippen LogP contribution in [0.1, 0.15) is 6.42 Å². The van der Waals surface area contributed by atoms with Gasteiger partial charge in [0.05, 0.1) is 14.7 Å². The summed E-state index contributed by atoms with van der Waals surface area (Å²) in [5.74, 6) is -0.0671. The molecule has 18 heavy (non-hydrogen) atoms. The minimum Gasteiger partial charge on any atom is -0.508 e. The van der Waals surface area contributed by atoms with Crippen LogP contribution in [-0.4, -0.2) is 25.8 Å². The molecule has 0 aromatic heterocycles.